The lowest BCUT2D eigenvalue weighted by atomic mass is 10.2. The molecule has 43 heteroatoms. The normalized spacial score (nSPS) is 11.1. The van der Waals surface area contributed by atoms with Crippen LogP contribution >= 0.6 is 0 Å². The molecule has 0 aliphatic carbocycles. The van der Waals surface area contributed by atoms with Gasteiger partial charge < -0.3 is 177 Å². The Balaban J connectivity index is 0.00000174. The van der Waals surface area contributed by atoms with Crippen molar-refractivity contribution in [3.05, 3.63) is 82.9 Å². The molecule has 0 amide bonds. The summed E-state index contributed by atoms with van der Waals surface area (Å²) in [6.07, 6.45) is 0. The number of esters is 2. The van der Waals surface area contributed by atoms with Crippen molar-refractivity contribution in [2.45, 2.75) is 18.4 Å². The van der Waals surface area contributed by atoms with Crippen molar-refractivity contribution in [3.8, 4) is 51.7 Å². The lowest BCUT2D eigenvalue weighted by Gasteiger charge is -2.18. The number of ether oxygens (including phenoxy) is 32. The molecular formula is C86H146O42S. The molecule has 0 bridgehead atoms. The summed E-state index contributed by atoms with van der Waals surface area (Å²) in [4.78, 5) is 28.7. The number of carbonyl (C=O) groups excluding carboxylic acids is 2. The van der Waals surface area contributed by atoms with E-state index < -0.39 is 40.3 Å². The highest BCUT2D eigenvalue weighted by Crippen LogP contribution is 2.41. The van der Waals surface area contributed by atoms with Crippen LogP contribution < -0.4 is 28.4 Å². The van der Waals surface area contributed by atoms with Crippen LogP contribution in [0.3, 0.4) is 0 Å². The quantitative estimate of drug-likeness (QED) is 0.0129. The van der Waals surface area contributed by atoms with Crippen LogP contribution in [-0.2, 0) is 150 Å². The van der Waals surface area contributed by atoms with E-state index in [1.807, 2.05) is 19.1 Å². The summed E-state index contributed by atoms with van der Waals surface area (Å²) in [5.41, 5.74) is 1.92. The molecular weight excluding hydrogens is 1740 g/mol. The molecule has 1 unspecified atom stereocenters. The molecule has 0 saturated carbocycles. The number of hydrogen-bond acceptors (Lipinski definition) is 42. The van der Waals surface area contributed by atoms with Crippen LogP contribution in [0, 0.1) is 6.92 Å². The van der Waals surface area contributed by atoms with Crippen LogP contribution in [0.4, 0.5) is 0 Å². The summed E-state index contributed by atoms with van der Waals surface area (Å²) < 4.78 is 187. The number of methoxy groups -OCH3 is 10. The van der Waals surface area contributed by atoms with Gasteiger partial charge in [-0.05, 0) is 61.0 Å². The molecule has 0 fully saturated rings. The number of rotatable bonds is 83. The maximum atomic E-state index is 12.4. The molecule has 0 aromatic heterocycles. The monoisotopic (exact) mass is 1880 g/mol. The number of benzene rings is 4. The van der Waals surface area contributed by atoms with Gasteiger partial charge in [0.25, 0.3) is 0 Å². The second-order valence-corrected chi connectivity index (χ2v) is 26.3. The van der Waals surface area contributed by atoms with Gasteiger partial charge in [0.15, 0.2) is 40.2 Å². The summed E-state index contributed by atoms with van der Waals surface area (Å²) in [7, 11) is 15.5. The van der Waals surface area contributed by atoms with Crippen LogP contribution in [0.5, 0.6) is 51.7 Å². The zero-order chi connectivity index (χ0) is 94.6. The molecule has 0 aliphatic heterocycles. The molecule has 1 atom stereocenters. The number of aromatic hydroxyl groups is 3. The van der Waals surface area contributed by atoms with Crippen molar-refractivity contribution in [1.29, 1.82) is 0 Å². The summed E-state index contributed by atoms with van der Waals surface area (Å²) in [6, 6.07) is 15.7. The standard InChI is InChI=1S/C29H50O14.C28H50O13.C14H22O6S.C8H8O5.C7H16O4/c1-31-5-8-35-11-14-38-17-20-41-26-23-25(29(30)34-4)24-27(42-21-18-39-15-12-36-9-6-32-2)28(26)43-22-19-40-16-13-37-10-7-33-3;1-30-4-7-33-10-13-36-16-19-39-26-22-25(24-29)23-27(40-20-17-37-14-11-34-8-5-31-2)28(26)41-21-18-38-15-12-35-9-6-32-3;1-13-3-5-14(6-4-13)21(15)20-19-12-11-18-10-9-17-8-7-16-2;1-13-8(12)4-2-5(9)7(11)6(10)3-4;1-9-4-5-11-7-6-10-3-2-8/h23-24H,5-22H2,1-4H3;22-23,29H,4-21,24H2,1-3H3;3-6H,7-12H2,1-2H3;2-3,9-11H,1H3;8H,2-7H2,1H3. The zero-order valence-electron chi connectivity index (χ0n) is 77.2. The van der Waals surface area contributed by atoms with E-state index in [4.69, 9.17) is 176 Å². The maximum Gasteiger partial charge on any atom is 0.338 e. The molecule has 0 radical (unpaired) electrons. The van der Waals surface area contributed by atoms with Crippen molar-refractivity contribution < 1.29 is 200 Å². The first-order valence-corrected chi connectivity index (χ1v) is 42.9. The molecule has 0 saturated heterocycles. The number of aliphatic hydroxyl groups excluding tert-OH is 2. The van der Waals surface area contributed by atoms with E-state index in [0.717, 1.165) is 17.7 Å². The Morgan fingerprint density at radius 1 is 0.279 bits per heavy atom. The predicted octanol–water partition coefficient (Wildman–Crippen LogP) is 4.90. The van der Waals surface area contributed by atoms with E-state index in [9.17, 15) is 18.9 Å². The van der Waals surface area contributed by atoms with Crippen molar-refractivity contribution in [2.24, 2.45) is 0 Å². The minimum atomic E-state index is -1.62. The first-order chi connectivity index (χ1) is 63.1. The second kappa shape index (κ2) is 92.9. The fraction of sp³-hybridized carbons (Fsp3) is 0.698. The molecule has 0 aliphatic rings. The highest BCUT2D eigenvalue weighted by Gasteiger charge is 2.22. The van der Waals surface area contributed by atoms with Crippen molar-refractivity contribution in [3.63, 3.8) is 0 Å². The maximum absolute atomic E-state index is 12.4. The molecule has 0 heterocycles. The van der Waals surface area contributed by atoms with E-state index in [1.54, 1.807) is 93.3 Å². The van der Waals surface area contributed by atoms with Crippen LogP contribution in [0.15, 0.2) is 65.6 Å². The lowest BCUT2D eigenvalue weighted by Crippen LogP contribution is -2.16. The first kappa shape index (κ1) is 122. The van der Waals surface area contributed by atoms with Gasteiger partial charge in [-0.2, -0.15) is 0 Å². The van der Waals surface area contributed by atoms with Gasteiger partial charge in [0.2, 0.25) is 22.6 Å². The van der Waals surface area contributed by atoms with E-state index in [-0.39, 0.29) is 83.8 Å². The number of hydrogen-bond donors (Lipinski definition) is 5. The first-order valence-electron chi connectivity index (χ1n) is 41.8. The third kappa shape index (κ3) is 71.4. The third-order valence-electron chi connectivity index (χ3n) is 15.4. The molecule has 0 spiro atoms. The van der Waals surface area contributed by atoms with E-state index in [2.05, 4.69) is 4.74 Å². The van der Waals surface area contributed by atoms with Crippen LogP contribution in [0.2, 0.25) is 0 Å². The Kier molecular flexibility index (Phi) is 87.9. The van der Waals surface area contributed by atoms with E-state index >= 15 is 0 Å². The molecule has 5 N–H and O–H groups in total. The minimum Gasteiger partial charge on any atom is -0.504 e. The molecule has 4 aromatic carbocycles. The Bertz CT molecular complexity index is 3070. The van der Waals surface area contributed by atoms with E-state index in [0.29, 0.717) is 296 Å². The summed E-state index contributed by atoms with van der Waals surface area (Å²) in [5.74, 6) is -0.859. The number of aryl methyl sites for hydroxylation is 1. The van der Waals surface area contributed by atoms with Gasteiger partial charge in [0.05, 0.1) is 308 Å². The van der Waals surface area contributed by atoms with Gasteiger partial charge in [-0.3, -0.25) is 0 Å². The van der Waals surface area contributed by atoms with Gasteiger partial charge >= 0.3 is 11.9 Å². The summed E-state index contributed by atoms with van der Waals surface area (Å²) in [5, 5.41) is 45.1. The Hall–Kier alpha value is -6.95. The number of carbonyl (C=O) groups is 2. The van der Waals surface area contributed by atoms with Gasteiger partial charge in [-0.25, -0.2) is 18.7 Å². The Morgan fingerprint density at radius 2 is 0.504 bits per heavy atom. The third-order valence-corrected chi connectivity index (χ3v) is 16.3. The van der Waals surface area contributed by atoms with Crippen molar-refractivity contribution in [1.82, 2.24) is 0 Å². The fourth-order valence-corrected chi connectivity index (χ4v) is 9.57. The number of phenolic OH excluding ortho intramolecular Hbond substituents is 3. The summed E-state index contributed by atoms with van der Waals surface area (Å²) >= 11 is -1.62. The molecule has 4 rings (SSSR count). The van der Waals surface area contributed by atoms with Crippen LogP contribution in [-0.4, -0.2) is 430 Å². The number of phenols is 3. The zero-order valence-corrected chi connectivity index (χ0v) is 78.0. The SMILES string of the molecule is COC(=O)c1cc(O)c(O)c(O)c1.COCCOCCOCCO.COCCOCCOCCOOS(=O)c1ccc(C)cc1.COCCOCCOCCOc1cc(C(=O)OC)cc(OCCOCCOCCOC)c1OCCOCCOCCOC.COCCOCCOCCOc1cc(CO)cc(OCCOCCOCCOC)c1OCCOCCOCCOC. The smallest absolute Gasteiger partial charge is 0.338 e. The lowest BCUT2D eigenvalue weighted by molar-refractivity contribution is -0.206. The second-order valence-electron chi connectivity index (χ2n) is 25.2. The Labute approximate surface area is 761 Å². The van der Waals surface area contributed by atoms with Gasteiger partial charge in [-0.1, -0.05) is 17.7 Å². The van der Waals surface area contributed by atoms with Gasteiger partial charge in [-0.15, -0.1) is 4.33 Å². The van der Waals surface area contributed by atoms with Gasteiger partial charge in [0, 0.05) is 56.9 Å². The number of aliphatic hydroxyl groups is 2. The van der Waals surface area contributed by atoms with Crippen LogP contribution in [0.1, 0.15) is 31.8 Å². The average molecular weight is 1880 g/mol. The highest BCUT2D eigenvalue weighted by molar-refractivity contribution is 7.80. The van der Waals surface area contributed by atoms with Crippen molar-refractivity contribution in [2.75, 3.05) is 388 Å². The topological polar surface area (TPSA) is 466 Å². The average Bonchev–Trinajstić information content (AvgIpc) is 0.816. The predicted molar refractivity (Wildman–Crippen MR) is 466 cm³/mol. The fourth-order valence-electron chi connectivity index (χ4n) is 8.97. The van der Waals surface area contributed by atoms with Crippen molar-refractivity contribution >= 4 is 23.0 Å². The molecule has 129 heavy (non-hydrogen) atoms. The van der Waals surface area contributed by atoms with Crippen LogP contribution in [0.25, 0.3) is 0 Å². The minimum absolute atomic E-state index is 0.0321. The van der Waals surface area contributed by atoms with Gasteiger partial charge in [0.1, 0.15) is 46.2 Å². The van der Waals surface area contributed by atoms with E-state index in [1.165, 1.54) is 14.2 Å². The molecule has 42 nitrogen and oxygen atoms in total. The summed E-state index contributed by atoms with van der Waals surface area (Å²) in [6.45, 7) is 21.9. The Morgan fingerprint density at radius 3 is 0.752 bits per heavy atom. The molecule has 748 valence electrons. The highest BCUT2D eigenvalue weighted by atomic mass is 32.2. The largest absolute Gasteiger partial charge is 0.504 e. The molecule has 4 aromatic rings.